The predicted molar refractivity (Wildman–Crippen MR) is 45.5 cm³/mol. The van der Waals surface area contributed by atoms with Crippen LogP contribution >= 0.6 is 0 Å². The summed E-state index contributed by atoms with van der Waals surface area (Å²) in [4.78, 5) is 3.24. The molecule has 0 saturated heterocycles. The first kappa shape index (κ1) is 6.00. The van der Waals surface area contributed by atoms with Gasteiger partial charge in [-0.3, -0.25) is 0 Å². The molecule has 0 unspecified atom stereocenters. The van der Waals surface area contributed by atoms with Crippen LogP contribution in [0.2, 0.25) is 0 Å². The van der Waals surface area contributed by atoms with Gasteiger partial charge in [0, 0.05) is 18.3 Å². The van der Waals surface area contributed by atoms with Crippen LogP contribution in [0.1, 0.15) is 5.69 Å². The maximum Gasteiger partial charge on any atom is 0.214 e. The number of nitrogens with zero attached hydrogens (tertiary/aromatic N) is 1. The zero-order valence-corrected chi connectivity index (χ0v) is 6.62. The minimum Gasteiger partial charge on any atom is -0.359 e. The minimum atomic E-state index is 0.985. The number of pyridine rings is 1. The molecule has 0 aromatic carbocycles. The molecular weight excluding hydrogens is 148 g/mol. The van der Waals surface area contributed by atoms with Crippen LogP contribution in [0.3, 0.4) is 0 Å². The molecule has 0 bridgehead atoms. The van der Waals surface area contributed by atoms with E-state index in [0.29, 0.717) is 0 Å². The molecule has 0 atom stereocenters. The topological polar surface area (TPSA) is 19.7 Å². The lowest BCUT2D eigenvalue weighted by molar-refractivity contribution is -0.672. The van der Waals surface area contributed by atoms with Gasteiger partial charge in [-0.1, -0.05) is 0 Å². The maximum atomic E-state index is 3.24. The van der Waals surface area contributed by atoms with Crippen molar-refractivity contribution >= 4 is 0 Å². The summed E-state index contributed by atoms with van der Waals surface area (Å²) in [5, 5.41) is 0. The minimum absolute atomic E-state index is 0.985. The molecule has 0 fully saturated rings. The molecule has 1 aliphatic rings. The van der Waals surface area contributed by atoms with Gasteiger partial charge in [0.2, 0.25) is 5.69 Å². The third kappa shape index (κ3) is 0.619. The molecule has 0 radical (unpaired) electrons. The largest absolute Gasteiger partial charge is 0.359 e. The van der Waals surface area contributed by atoms with Crippen molar-refractivity contribution in [3.63, 3.8) is 0 Å². The Morgan fingerprint density at radius 2 is 2.25 bits per heavy atom. The zero-order valence-electron chi connectivity index (χ0n) is 6.62. The van der Waals surface area contributed by atoms with E-state index in [9.17, 15) is 0 Å². The van der Waals surface area contributed by atoms with Gasteiger partial charge in [0.05, 0.1) is 11.3 Å². The number of hydrogen-bond donors (Lipinski definition) is 1. The van der Waals surface area contributed by atoms with Gasteiger partial charge in [-0.25, -0.2) is 0 Å². The van der Waals surface area contributed by atoms with E-state index in [0.717, 1.165) is 6.54 Å². The van der Waals surface area contributed by atoms with Crippen molar-refractivity contribution in [1.29, 1.82) is 0 Å². The van der Waals surface area contributed by atoms with Crippen molar-refractivity contribution < 1.29 is 4.57 Å². The summed E-state index contributed by atoms with van der Waals surface area (Å²) < 4.78 is 2.25. The molecule has 1 aliphatic heterocycles. The van der Waals surface area contributed by atoms with Gasteiger partial charge < -0.3 is 4.98 Å². The number of rotatable bonds is 0. The van der Waals surface area contributed by atoms with Gasteiger partial charge >= 0.3 is 0 Å². The number of fused-ring (bicyclic) bond motifs is 3. The molecule has 0 spiro atoms. The molecule has 0 amide bonds. The molecule has 0 saturated carbocycles. The lowest BCUT2D eigenvalue weighted by atomic mass is 10.2. The van der Waals surface area contributed by atoms with E-state index in [1.165, 1.54) is 17.0 Å². The molecule has 12 heavy (non-hydrogen) atoms. The highest BCUT2D eigenvalue weighted by Gasteiger charge is 2.25. The highest BCUT2D eigenvalue weighted by molar-refractivity contribution is 5.61. The van der Waals surface area contributed by atoms with Crippen LogP contribution < -0.4 is 4.57 Å². The summed E-state index contributed by atoms with van der Waals surface area (Å²) in [6.45, 7) is 0.985. The number of H-pyrrole nitrogens is 1. The average molecular weight is 157 g/mol. The average Bonchev–Trinajstić information content (AvgIpc) is 2.62. The van der Waals surface area contributed by atoms with Gasteiger partial charge in [-0.15, -0.1) is 0 Å². The lowest BCUT2D eigenvalue weighted by Crippen LogP contribution is -2.31. The van der Waals surface area contributed by atoms with Crippen molar-refractivity contribution in [2.75, 3.05) is 0 Å². The summed E-state index contributed by atoms with van der Waals surface area (Å²) in [6.07, 6.45) is 4.12. The third-order valence-corrected chi connectivity index (χ3v) is 2.38. The van der Waals surface area contributed by atoms with Crippen molar-refractivity contribution in [3.8, 4) is 11.3 Å². The van der Waals surface area contributed by atoms with Crippen molar-refractivity contribution in [3.05, 3.63) is 42.4 Å². The Labute approximate surface area is 70.5 Å². The van der Waals surface area contributed by atoms with E-state index < -0.39 is 0 Å². The third-order valence-electron chi connectivity index (χ3n) is 2.38. The van der Waals surface area contributed by atoms with Crippen LogP contribution in [-0.4, -0.2) is 4.98 Å². The van der Waals surface area contributed by atoms with E-state index in [1.807, 2.05) is 6.20 Å². The van der Waals surface area contributed by atoms with Gasteiger partial charge in [0.15, 0.2) is 12.7 Å². The zero-order chi connectivity index (χ0) is 7.97. The standard InChI is InChI=1S/C10H8N2/c1-2-6-12-7-9-8(4-5-11-9)10(12)3-1/h1-6H,7H2/p+1. The van der Waals surface area contributed by atoms with Crippen LogP contribution in [0.15, 0.2) is 36.7 Å². The fraction of sp³-hybridized carbons (Fsp3) is 0.100. The Kier molecular flexibility index (Phi) is 0.987. The van der Waals surface area contributed by atoms with E-state index in [-0.39, 0.29) is 0 Å². The maximum absolute atomic E-state index is 3.24. The number of hydrogen-bond acceptors (Lipinski definition) is 0. The second kappa shape index (κ2) is 1.97. The molecule has 1 N–H and O–H groups in total. The summed E-state index contributed by atoms with van der Waals surface area (Å²) in [6, 6.07) is 8.43. The van der Waals surface area contributed by atoms with Crippen LogP contribution in [0.25, 0.3) is 11.3 Å². The molecule has 2 heteroatoms. The van der Waals surface area contributed by atoms with Gasteiger partial charge in [-0.2, -0.15) is 4.57 Å². The van der Waals surface area contributed by atoms with Gasteiger partial charge in [0.1, 0.15) is 0 Å². The normalized spacial score (nSPS) is 12.7. The first-order valence-electron chi connectivity index (χ1n) is 4.10. The molecule has 2 aromatic heterocycles. The predicted octanol–water partition coefficient (Wildman–Crippen LogP) is 1.33. The molecule has 2 nitrogen and oxygen atoms in total. The van der Waals surface area contributed by atoms with Crippen molar-refractivity contribution in [1.82, 2.24) is 4.98 Å². The lowest BCUT2D eigenvalue weighted by Gasteiger charge is -1.89. The van der Waals surface area contributed by atoms with E-state index in [1.54, 1.807) is 0 Å². The number of aromatic nitrogens is 2. The fourth-order valence-electron chi connectivity index (χ4n) is 1.80. The van der Waals surface area contributed by atoms with E-state index in [4.69, 9.17) is 0 Å². The Morgan fingerprint density at radius 1 is 1.25 bits per heavy atom. The highest BCUT2D eigenvalue weighted by Crippen LogP contribution is 2.24. The van der Waals surface area contributed by atoms with Crippen molar-refractivity contribution in [2.45, 2.75) is 6.54 Å². The Balaban J connectivity index is 2.34. The van der Waals surface area contributed by atoms with Crippen LogP contribution in [-0.2, 0) is 6.54 Å². The summed E-state index contributed by atoms with van der Waals surface area (Å²) in [5.41, 5.74) is 3.98. The first-order chi connectivity index (χ1) is 5.95. The molecule has 58 valence electrons. The Morgan fingerprint density at radius 3 is 3.25 bits per heavy atom. The number of nitrogens with one attached hydrogen (secondary N) is 1. The molecule has 3 rings (SSSR count). The Hall–Kier alpha value is -1.57. The van der Waals surface area contributed by atoms with Crippen LogP contribution in [0.5, 0.6) is 0 Å². The highest BCUT2D eigenvalue weighted by atomic mass is 15.0. The smallest absolute Gasteiger partial charge is 0.214 e. The first-order valence-corrected chi connectivity index (χ1v) is 4.10. The quantitative estimate of drug-likeness (QED) is 0.475. The summed E-state index contributed by atoms with van der Waals surface area (Å²) >= 11 is 0. The van der Waals surface area contributed by atoms with Crippen LogP contribution in [0, 0.1) is 0 Å². The number of aromatic amines is 1. The SMILES string of the molecule is c1cc[n+]2c(c1)-c1cc[nH]c1C2. The molecule has 3 heterocycles. The molecular formula is C10H9N2+. The second-order valence-corrected chi connectivity index (χ2v) is 3.08. The van der Waals surface area contributed by atoms with Crippen molar-refractivity contribution in [2.24, 2.45) is 0 Å². The fourth-order valence-corrected chi connectivity index (χ4v) is 1.80. The van der Waals surface area contributed by atoms with E-state index >= 15 is 0 Å². The second-order valence-electron chi connectivity index (χ2n) is 3.08. The molecule has 0 aliphatic carbocycles. The Bertz CT molecular complexity index is 429. The summed E-state index contributed by atoms with van der Waals surface area (Å²) in [7, 11) is 0. The summed E-state index contributed by atoms with van der Waals surface area (Å²) in [5.74, 6) is 0. The molecule has 2 aromatic rings. The van der Waals surface area contributed by atoms with E-state index in [2.05, 4.69) is 40.0 Å². The van der Waals surface area contributed by atoms with Gasteiger partial charge in [-0.05, 0) is 12.1 Å². The monoisotopic (exact) mass is 157 g/mol. The van der Waals surface area contributed by atoms with Gasteiger partial charge in [0.25, 0.3) is 0 Å². The van der Waals surface area contributed by atoms with Crippen LogP contribution in [0.4, 0.5) is 0 Å².